The predicted molar refractivity (Wildman–Crippen MR) is 92.9 cm³/mol. The minimum absolute atomic E-state index is 0.0413. The Morgan fingerprint density at radius 1 is 1.46 bits per heavy atom. The predicted octanol–water partition coefficient (Wildman–Crippen LogP) is 3.16. The standard InChI is InChI=1S/C17H19N5OS/c1-11-20-15(10-24-11)12-6-14(18-7-12)17(23)22-5-3-4-16(22)13-8-19-21(2)9-13/h6-10,16,18H,3-5H2,1-2H3/t16-/m0/s1. The number of aromatic amines is 1. The summed E-state index contributed by atoms with van der Waals surface area (Å²) in [4.78, 5) is 22.5. The largest absolute Gasteiger partial charge is 0.357 e. The van der Waals surface area contributed by atoms with Gasteiger partial charge >= 0.3 is 0 Å². The normalized spacial score (nSPS) is 17.6. The highest BCUT2D eigenvalue weighted by Crippen LogP contribution is 2.33. The minimum atomic E-state index is 0.0413. The number of H-pyrrole nitrogens is 1. The Labute approximate surface area is 144 Å². The second kappa shape index (κ2) is 5.90. The van der Waals surface area contributed by atoms with Crippen LogP contribution in [0, 0.1) is 6.92 Å². The van der Waals surface area contributed by atoms with Crippen LogP contribution in [0.25, 0.3) is 11.3 Å². The molecule has 0 radical (unpaired) electrons. The lowest BCUT2D eigenvalue weighted by Gasteiger charge is -2.23. The summed E-state index contributed by atoms with van der Waals surface area (Å²) in [5, 5.41) is 7.28. The van der Waals surface area contributed by atoms with Crippen LogP contribution in [0.3, 0.4) is 0 Å². The van der Waals surface area contributed by atoms with Gasteiger partial charge in [-0.2, -0.15) is 5.10 Å². The van der Waals surface area contributed by atoms with E-state index in [-0.39, 0.29) is 11.9 Å². The quantitative estimate of drug-likeness (QED) is 0.796. The van der Waals surface area contributed by atoms with Crippen LogP contribution in [0.4, 0.5) is 0 Å². The number of nitrogens with zero attached hydrogens (tertiary/aromatic N) is 4. The van der Waals surface area contributed by atoms with Crippen LogP contribution in [0.2, 0.25) is 0 Å². The van der Waals surface area contributed by atoms with Gasteiger partial charge in [0.2, 0.25) is 0 Å². The van der Waals surface area contributed by atoms with Crippen molar-refractivity contribution in [1.82, 2.24) is 24.6 Å². The van der Waals surface area contributed by atoms with Crippen LogP contribution >= 0.6 is 11.3 Å². The fourth-order valence-electron chi connectivity index (χ4n) is 3.28. The lowest BCUT2D eigenvalue weighted by Crippen LogP contribution is -2.30. The molecule has 0 spiro atoms. The van der Waals surface area contributed by atoms with Crippen molar-refractivity contribution in [2.45, 2.75) is 25.8 Å². The first-order valence-electron chi connectivity index (χ1n) is 8.02. The Morgan fingerprint density at radius 2 is 2.33 bits per heavy atom. The highest BCUT2D eigenvalue weighted by molar-refractivity contribution is 7.09. The van der Waals surface area contributed by atoms with Gasteiger partial charge in [0.05, 0.1) is 22.9 Å². The molecule has 1 aliphatic rings. The van der Waals surface area contributed by atoms with E-state index in [1.807, 2.05) is 48.9 Å². The molecule has 0 aromatic carbocycles. The van der Waals surface area contributed by atoms with Crippen molar-refractivity contribution in [2.75, 3.05) is 6.54 Å². The van der Waals surface area contributed by atoms with Crippen molar-refractivity contribution in [3.8, 4) is 11.3 Å². The maximum absolute atomic E-state index is 12.9. The van der Waals surface area contributed by atoms with Crippen LogP contribution in [-0.2, 0) is 7.05 Å². The number of hydrogen-bond acceptors (Lipinski definition) is 4. The van der Waals surface area contributed by atoms with Crippen molar-refractivity contribution in [3.63, 3.8) is 0 Å². The molecule has 1 amide bonds. The molecular weight excluding hydrogens is 322 g/mol. The van der Waals surface area contributed by atoms with E-state index in [0.29, 0.717) is 5.69 Å². The van der Waals surface area contributed by atoms with Gasteiger partial charge in [0.25, 0.3) is 5.91 Å². The Bertz CT molecular complexity index is 877. The summed E-state index contributed by atoms with van der Waals surface area (Å²) in [5.74, 6) is 0.0413. The van der Waals surface area contributed by atoms with Crippen LogP contribution < -0.4 is 0 Å². The number of amides is 1. The smallest absolute Gasteiger partial charge is 0.270 e. The first-order chi connectivity index (χ1) is 11.6. The van der Waals surface area contributed by atoms with E-state index in [0.717, 1.165) is 41.2 Å². The van der Waals surface area contributed by atoms with Gasteiger partial charge in [-0.25, -0.2) is 4.98 Å². The number of nitrogens with one attached hydrogen (secondary N) is 1. The van der Waals surface area contributed by atoms with Crippen LogP contribution in [0.5, 0.6) is 0 Å². The molecule has 0 aliphatic carbocycles. The van der Waals surface area contributed by atoms with E-state index >= 15 is 0 Å². The number of hydrogen-bond donors (Lipinski definition) is 1. The molecule has 1 aliphatic heterocycles. The third-order valence-corrected chi connectivity index (χ3v) is 5.22. The summed E-state index contributed by atoms with van der Waals surface area (Å²) in [6.45, 7) is 2.76. The van der Waals surface area contributed by atoms with E-state index in [1.54, 1.807) is 16.0 Å². The summed E-state index contributed by atoms with van der Waals surface area (Å²) in [5.41, 5.74) is 3.59. The molecule has 3 aromatic heterocycles. The molecule has 1 fully saturated rings. The molecule has 0 bridgehead atoms. The number of likely N-dealkylation sites (tertiary alicyclic amines) is 1. The fourth-order valence-corrected chi connectivity index (χ4v) is 3.91. The maximum Gasteiger partial charge on any atom is 0.270 e. The van der Waals surface area contributed by atoms with E-state index < -0.39 is 0 Å². The topological polar surface area (TPSA) is 66.8 Å². The fraction of sp³-hybridized carbons (Fsp3) is 0.353. The van der Waals surface area contributed by atoms with Crippen LogP contribution in [-0.4, -0.2) is 37.1 Å². The molecule has 1 atom stereocenters. The van der Waals surface area contributed by atoms with Gasteiger partial charge in [-0.15, -0.1) is 11.3 Å². The molecule has 6 nitrogen and oxygen atoms in total. The van der Waals surface area contributed by atoms with Crippen LogP contribution in [0.15, 0.2) is 30.0 Å². The van der Waals surface area contributed by atoms with Crippen molar-refractivity contribution in [3.05, 3.63) is 46.3 Å². The minimum Gasteiger partial charge on any atom is -0.357 e. The third-order valence-electron chi connectivity index (χ3n) is 4.45. The van der Waals surface area contributed by atoms with Gasteiger partial charge in [0, 0.05) is 42.5 Å². The molecular formula is C17H19N5OS. The first kappa shape index (κ1) is 15.1. The summed E-state index contributed by atoms with van der Waals surface area (Å²) >= 11 is 1.61. The molecule has 0 saturated carbocycles. The van der Waals surface area contributed by atoms with Gasteiger partial charge < -0.3 is 9.88 Å². The summed E-state index contributed by atoms with van der Waals surface area (Å²) in [7, 11) is 1.90. The summed E-state index contributed by atoms with van der Waals surface area (Å²) in [6, 6.07) is 2.01. The van der Waals surface area contributed by atoms with Gasteiger partial charge in [0.15, 0.2) is 0 Å². The zero-order chi connectivity index (χ0) is 16.7. The number of carbonyl (C=O) groups excluding carboxylic acids is 1. The molecule has 4 rings (SSSR count). The van der Waals surface area contributed by atoms with Crippen molar-refractivity contribution in [2.24, 2.45) is 7.05 Å². The lowest BCUT2D eigenvalue weighted by molar-refractivity contribution is 0.0730. The van der Waals surface area contributed by atoms with Crippen molar-refractivity contribution >= 4 is 17.2 Å². The van der Waals surface area contributed by atoms with Crippen molar-refractivity contribution in [1.29, 1.82) is 0 Å². The number of aromatic nitrogens is 4. The summed E-state index contributed by atoms with van der Waals surface area (Å²) in [6.07, 6.45) is 7.71. The van der Waals surface area contributed by atoms with Crippen LogP contribution in [0.1, 0.15) is 39.9 Å². The zero-order valence-corrected chi connectivity index (χ0v) is 14.5. The second-order valence-electron chi connectivity index (χ2n) is 6.16. The monoisotopic (exact) mass is 341 g/mol. The van der Waals surface area contributed by atoms with E-state index in [2.05, 4.69) is 15.1 Å². The first-order valence-corrected chi connectivity index (χ1v) is 8.90. The molecule has 1 N–H and O–H groups in total. The summed E-state index contributed by atoms with van der Waals surface area (Å²) < 4.78 is 1.79. The molecule has 24 heavy (non-hydrogen) atoms. The van der Waals surface area contributed by atoms with Gasteiger partial charge in [-0.3, -0.25) is 9.48 Å². The second-order valence-corrected chi connectivity index (χ2v) is 7.22. The Hall–Kier alpha value is -2.41. The van der Waals surface area contributed by atoms with Gasteiger partial charge in [0.1, 0.15) is 5.69 Å². The highest BCUT2D eigenvalue weighted by atomic mass is 32.1. The zero-order valence-electron chi connectivity index (χ0n) is 13.7. The third kappa shape index (κ3) is 2.65. The Morgan fingerprint density at radius 3 is 3.04 bits per heavy atom. The molecule has 7 heteroatoms. The van der Waals surface area contributed by atoms with E-state index in [1.165, 1.54) is 0 Å². The molecule has 1 saturated heterocycles. The maximum atomic E-state index is 12.9. The molecule has 4 heterocycles. The van der Waals surface area contributed by atoms with Crippen molar-refractivity contribution < 1.29 is 4.79 Å². The molecule has 3 aromatic rings. The highest BCUT2D eigenvalue weighted by Gasteiger charge is 2.32. The molecule has 0 unspecified atom stereocenters. The van der Waals surface area contributed by atoms with E-state index in [4.69, 9.17) is 0 Å². The molecule has 124 valence electrons. The number of aryl methyl sites for hydroxylation is 2. The Kier molecular flexibility index (Phi) is 3.72. The number of thiazole rings is 1. The number of rotatable bonds is 3. The van der Waals surface area contributed by atoms with Gasteiger partial charge in [-0.05, 0) is 25.8 Å². The average Bonchev–Trinajstić information content (AvgIpc) is 3.33. The number of carbonyl (C=O) groups is 1. The van der Waals surface area contributed by atoms with E-state index in [9.17, 15) is 4.79 Å². The Balaban J connectivity index is 1.58. The SMILES string of the molecule is Cc1nc(-c2c[nH]c(C(=O)N3CCC[C@H]3c3cnn(C)c3)c2)cs1. The van der Waals surface area contributed by atoms with Gasteiger partial charge in [-0.1, -0.05) is 0 Å². The average molecular weight is 341 g/mol. The lowest BCUT2D eigenvalue weighted by atomic mass is 10.1.